The van der Waals surface area contributed by atoms with Crippen molar-refractivity contribution in [3.8, 4) is 0 Å². The average Bonchev–Trinajstić information content (AvgIpc) is 2.46. The molecule has 0 aromatic carbocycles. The van der Waals surface area contributed by atoms with Crippen molar-refractivity contribution >= 4 is 17.2 Å². The van der Waals surface area contributed by atoms with E-state index in [0.717, 1.165) is 76.0 Å². The van der Waals surface area contributed by atoms with Crippen molar-refractivity contribution in [3.63, 3.8) is 0 Å². The molecule has 0 heterocycles. The van der Waals surface area contributed by atoms with Gasteiger partial charge in [0, 0.05) is 0 Å². The summed E-state index contributed by atoms with van der Waals surface area (Å²) < 4.78 is 40.2. The first-order chi connectivity index (χ1) is 10.3. The van der Waals surface area contributed by atoms with Gasteiger partial charge in [-0.3, -0.25) is 0 Å². The maximum Gasteiger partial charge on any atom is 1.00 e. The Morgan fingerprint density at radius 1 is 0.739 bits per heavy atom. The predicted octanol–water partition coefficient (Wildman–Crippen LogP) is 2.14. The molecule has 0 bridgehead atoms. The Labute approximate surface area is 156 Å². The van der Waals surface area contributed by atoms with E-state index in [4.69, 9.17) is 3.97 Å². The molecular formula is C16H36LiO4PS. The zero-order valence-corrected chi connectivity index (χ0v) is 17.7. The second-order valence-electron chi connectivity index (χ2n) is 6.65. The van der Waals surface area contributed by atoms with Gasteiger partial charge in [-0.15, -0.1) is 0 Å². The third kappa shape index (κ3) is 9.83. The quantitative estimate of drug-likeness (QED) is 0.205. The van der Waals surface area contributed by atoms with Crippen molar-refractivity contribution in [2.45, 2.75) is 79.1 Å². The summed E-state index contributed by atoms with van der Waals surface area (Å²) >= 11 is 0. The molecule has 0 atom stereocenters. The summed E-state index contributed by atoms with van der Waals surface area (Å²) in [5, 5.41) is 0. The molecule has 0 rings (SSSR count). The fourth-order valence-electron chi connectivity index (χ4n) is 3.31. The van der Waals surface area contributed by atoms with Gasteiger partial charge in [0.25, 0.3) is 0 Å². The summed E-state index contributed by atoms with van der Waals surface area (Å²) in [6, 6.07) is 0. The van der Waals surface area contributed by atoms with Crippen LogP contribution in [0, 0.1) is 0 Å². The predicted molar refractivity (Wildman–Crippen MR) is 96.8 cm³/mol. The summed E-state index contributed by atoms with van der Waals surface area (Å²) in [4.78, 5) is 0. The summed E-state index contributed by atoms with van der Waals surface area (Å²) in [5.41, 5.74) is 0. The van der Waals surface area contributed by atoms with Crippen LogP contribution in [0.4, 0.5) is 0 Å². The van der Waals surface area contributed by atoms with Crippen LogP contribution >= 0.6 is 6.83 Å². The standard InChI is InChI=1S/C16H37O4PS.Li/c1-5-9-13-21(14-10-6-2,15-11-7-3,16-12-8-4)20-22(17,18)19;/h5-16H2,1-4H3,(H,17,18,19);/q;+1/p-1. The second kappa shape index (κ2) is 12.3. The summed E-state index contributed by atoms with van der Waals surface area (Å²) in [7, 11) is -4.65. The first kappa shape index (κ1) is 26.1. The van der Waals surface area contributed by atoms with Crippen molar-refractivity contribution in [1.29, 1.82) is 0 Å². The van der Waals surface area contributed by atoms with Crippen molar-refractivity contribution in [2.24, 2.45) is 0 Å². The molecule has 0 saturated heterocycles. The Balaban J connectivity index is 0. The van der Waals surface area contributed by atoms with Crippen LogP contribution in [0.25, 0.3) is 0 Å². The van der Waals surface area contributed by atoms with E-state index in [9.17, 15) is 13.0 Å². The van der Waals surface area contributed by atoms with E-state index in [2.05, 4.69) is 27.7 Å². The van der Waals surface area contributed by atoms with Gasteiger partial charge in [0.15, 0.2) is 0 Å². The van der Waals surface area contributed by atoms with Gasteiger partial charge in [0.05, 0.1) is 0 Å². The van der Waals surface area contributed by atoms with Gasteiger partial charge in [-0.2, -0.15) is 0 Å². The van der Waals surface area contributed by atoms with Crippen LogP contribution in [-0.4, -0.2) is 37.6 Å². The summed E-state index contributed by atoms with van der Waals surface area (Å²) in [6.45, 7) is 5.47. The Bertz CT molecular complexity index is 357. The van der Waals surface area contributed by atoms with Gasteiger partial charge >= 0.3 is 157 Å². The smallest absolute Gasteiger partial charge is 1.00 e. The summed E-state index contributed by atoms with van der Waals surface area (Å²) in [5.74, 6) is 0. The van der Waals surface area contributed by atoms with Gasteiger partial charge in [-0.1, -0.05) is 0 Å². The van der Waals surface area contributed by atoms with Crippen LogP contribution in [0.5, 0.6) is 0 Å². The molecule has 0 fully saturated rings. The molecule has 0 spiro atoms. The number of hydrogen-bond acceptors (Lipinski definition) is 4. The topological polar surface area (TPSA) is 66.4 Å². The van der Waals surface area contributed by atoms with E-state index >= 15 is 0 Å². The largest absolute Gasteiger partial charge is 1.00 e. The molecule has 0 saturated carbocycles. The van der Waals surface area contributed by atoms with Gasteiger partial charge in [-0.25, -0.2) is 0 Å². The number of rotatable bonds is 14. The minimum absolute atomic E-state index is 0. The summed E-state index contributed by atoms with van der Waals surface area (Å²) in [6.07, 6.45) is 11.0. The molecule has 0 radical (unpaired) electrons. The van der Waals surface area contributed by atoms with Gasteiger partial charge < -0.3 is 0 Å². The fraction of sp³-hybridized carbons (Fsp3) is 1.00. The molecule has 0 aromatic rings. The van der Waals surface area contributed by atoms with Crippen LogP contribution in [0.2, 0.25) is 0 Å². The molecule has 136 valence electrons. The molecular weight excluding hydrogens is 326 g/mol. The molecule has 4 nitrogen and oxygen atoms in total. The number of unbranched alkanes of at least 4 members (excludes halogenated alkanes) is 4. The molecule has 7 heteroatoms. The van der Waals surface area contributed by atoms with Crippen molar-refractivity contribution < 1.29 is 35.8 Å². The van der Waals surface area contributed by atoms with E-state index < -0.39 is 17.2 Å². The first-order valence-corrected chi connectivity index (χ1v) is 13.2. The average molecular weight is 362 g/mol. The van der Waals surface area contributed by atoms with Crippen LogP contribution in [0.15, 0.2) is 0 Å². The maximum atomic E-state index is 11.6. The maximum absolute atomic E-state index is 11.6. The molecule has 0 unspecified atom stereocenters. The number of hydrogen-bond donors (Lipinski definition) is 0. The van der Waals surface area contributed by atoms with E-state index in [1.807, 2.05) is 0 Å². The monoisotopic (exact) mass is 362 g/mol. The van der Waals surface area contributed by atoms with E-state index in [1.165, 1.54) is 0 Å². The van der Waals surface area contributed by atoms with Crippen LogP contribution in [0.3, 0.4) is 0 Å². The van der Waals surface area contributed by atoms with Gasteiger partial charge in [-0.05, 0) is 0 Å². The first-order valence-electron chi connectivity index (χ1n) is 8.94. The third-order valence-electron chi connectivity index (χ3n) is 4.61. The molecule has 0 aromatic heterocycles. The fourth-order valence-corrected chi connectivity index (χ4v) is 12.4. The molecule has 0 aliphatic carbocycles. The minimum Gasteiger partial charge on any atom is 1.00 e. The zero-order chi connectivity index (χ0) is 17.1. The van der Waals surface area contributed by atoms with Crippen molar-refractivity contribution in [2.75, 3.05) is 24.6 Å². The Morgan fingerprint density at radius 3 is 1.17 bits per heavy atom. The third-order valence-corrected chi connectivity index (χ3v) is 12.8. The van der Waals surface area contributed by atoms with Crippen LogP contribution in [0.1, 0.15) is 79.1 Å². The Kier molecular flexibility index (Phi) is 14.0. The van der Waals surface area contributed by atoms with E-state index in [0.29, 0.717) is 0 Å². The molecule has 0 amide bonds. The normalized spacial score (nSPS) is 14.0. The van der Waals surface area contributed by atoms with E-state index in [-0.39, 0.29) is 18.9 Å². The minimum atomic E-state index is -4.65. The Hall–Kier alpha value is 0.897. The Morgan fingerprint density at radius 2 is 1.00 bits per heavy atom. The second-order valence-corrected chi connectivity index (χ2v) is 13.6. The zero-order valence-electron chi connectivity index (χ0n) is 16.0. The van der Waals surface area contributed by atoms with Gasteiger partial charge in [0.1, 0.15) is 0 Å². The molecule has 23 heavy (non-hydrogen) atoms. The molecule has 0 N–H and O–H groups in total. The van der Waals surface area contributed by atoms with Crippen LogP contribution < -0.4 is 18.9 Å². The SMILES string of the molecule is CCCCP(CCCC)(CCCC)(CCCC)OS(=O)(=O)[O-].[Li+]. The van der Waals surface area contributed by atoms with E-state index in [1.54, 1.807) is 0 Å². The van der Waals surface area contributed by atoms with Crippen molar-refractivity contribution in [3.05, 3.63) is 0 Å². The molecule has 0 aliphatic rings. The van der Waals surface area contributed by atoms with Crippen LogP contribution in [-0.2, 0) is 14.4 Å². The van der Waals surface area contributed by atoms with Gasteiger partial charge in [0.2, 0.25) is 0 Å². The molecule has 0 aliphatic heterocycles. The van der Waals surface area contributed by atoms with Crippen molar-refractivity contribution in [1.82, 2.24) is 0 Å².